The fourth-order valence-corrected chi connectivity index (χ4v) is 2.17. The smallest absolute Gasteiger partial charge is 0.243 e. The average Bonchev–Trinajstić information content (AvgIpc) is 2.61. The van der Waals surface area contributed by atoms with Gasteiger partial charge in [-0.2, -0.15) is 0 Å². The highest BCUT2D eigenvalue weighted by Gasteiger charge is 2.07. The number of carbonyl (C=O) groups excluding carboxylic acids is 2. The van der Waals surface area contributed by atoms with Gasteiger partial charge in [-0.3, -0.25) is 9.59 Å². The van der Waals surface area contributed by atoms with Gasteiger partial charge in [0.25, 0.3) is 0 Å². The van der Waals surface area contributed by atoms with Crippen LogP contribution >= 0.6 is 0 Å². The molecule has 132 valence electrons. The lowest BCUT2D eigenvalue weighted by molar-refractivity contribution is -0.115. The average molecular weight is 343 g/mol. The summed E-state index contributed by atoms with van der Waals surface area (Å²) in [6.45, 7) is 1.52. The van der Waals surface area contributed by atoms with Crippen molar-refractivity contribution in [2.24, 2.45) is 0 Å². The maximum Gasteiger partial charge on any atom is 0.243 e. The highest BCUT2D eigenvalue weighted by Crippen LogP contribution is 2.28. The predicted octanol–water partition coefficient (Wildman–Crippen LogP) is 2.71. The molecule has 7 nitrogen and oxygen atoms in total. The summed E-state index contributed by atoms with van der Waals surface area (Å²) in [5.41, 5.74) is 2.01. The van der Waals surface area contributed by atoms with E-state index in [4.69, 9.17) is 9.47 Å². The second kappa shape index (κ2) is 8.58. The number of nitrogens with one attached hydrogen (secondary N) is 3. The van der Waals surface area contributed by atoms with Crippen LogP contribution in [0.4, 0.5) is 17.1 Å². The standard InChI is InChI=1S/C18H21N3O4/c1-12(22)20-13-4-6-14(7-5-13)21-18(23)11-19-16-9-8-15(24-2)10-17(16)25-3/h4-10,19H,11H2,1-3H3,(H,20,22)(H,21,23). The predicted molar refractivity (Wildman–Crippen MR) is 97.4 cm³/mol. The largest absolute Gasteiger partial charge is 0.497 e. The van der Waals surface area contributed by atoms with E-state index < -0.39 is 0 Å². The number of methoxy groups -OCH3 is 2. The van der Waals surface area contributed by atoms with E-state index in [-0.39, 0.29) is 18.4 Å². The first kappa shape index (κ1) is 18.1. The van der Waals surface area contributed by atoms with E-state index in [9.17, 15) is 9.59 Å². The highest BCUT2D eigenvalue weighted by molar-refractivity contribution is 5.94. The number of ether oxygens (including phenoxy) is 2. The van der Waals surface area contributed by atoms with Gasteiger partial charge in [0, 0.05) is 24.4 Å². The van der Waals surface area contributed by atoms with Crippen molar-refractivity contribution in [2.45, 2.75) is 6.92 Å². The van der Waals surface area contributed by atoms with E-state index in [0.717, 1.165) is 0 Å². The minimum absolute atomic E-state index is 0.0795. The SMILES string of the molecule is COc1ccc(NCC(=O)Nc2ccc(NC(C)=O)cc2)c(OC)c1. The zero-order valence-corrected chi connectivity index (χ0v) is 14.4. The maximum atomic E-state index is 12.1. The van der Waals surface area contributed by atoms with Crippen LogP contribution in [0.1, 0.15) is 6.92 Å². The Bertz CT molecular complexity index is 744. The first-order chi connectivity index (χ1) is 12.0. The van der Waals surface area contributed by atoms with Crippen LogP contribution in [0.2, 0.25) is 0 Å². The molecule has 0 aliphatic carbocycles. The van der Waals surface area contributed by atoms with E-state index >= 15 is 0 Å². The van der Waals surface area contributed by atoms with Crippen LogP contribution in [0.25, 0.3) is 0 Å². The van der Waals surface area contributed by atoms with Crippen LogP contribution < -0.4 is 25.4 Å². The number of rotatable bonds is 7. The summed E-state index contributed by atoms with van der Waals surface area (Å²) in [7, 11) is 3.13. The summed E-state index contributed by atoms with van der Waals surface area (Å²) in [5, 5.41) is 8.46. The molecule has 0 saturated carbocycles. The molecule has 2 amide bonds. The van der Waals surface area contributed by atoms with Crippen molar-refractivity contribution >= 4 is 28.9 Å². The van der Waals surface area contributed by atoms with Crippen LogP contribution in [-0.4, -0.2) is 32.6 Å². The van der Waals surface area contributed by atoms with Crippen molar-refractivity contribution in [1.29, 1.82) is 0 Å². The molecule has 0 saturated heterocycles. The molecule has 0 bridgehead atoms. The van der Waals surface area contributed by atoms with E-state index in [1.807, 2.05) is 0 Å². The lowest BCUT2D eigenvalue weighted by atomic mass is 10.2. The normalized spacial score (nSPS) is 9.88. The Hall–Kier alpha value is -3.22. The third-order valence-corrected chi connectivity index (χ3v) is 3.34. The van der Waals surface area contributed by atoms with Gasteiger partial charge < -0.3 is 25.4 Å². The molecule has 0 aliphatic rings. The molecule has 0 aromatic heterocycles. The van der Waals surface area contributed by atoms with Crippen LogP contribution in [0, 0.1) is 0 Å². The van der Waals surface area contributed by atoms with Crippen LogP contribution in [0.3, 0.4) is 0 Å². The summed E-state index contributed by atoms with van der Waals surface area (Å²) in [5.74, 6) is 0.914. The van der Waals surface area contributed by atoms with Gasteiger partial charge >= 0.3 is 0 Å². The zero-order chi connectivity index (χ0) is 18.2. The maximum absolute atomic E-state index is 12.1. The second-order valence-electron chi connectivity index (χ2n) is 5.23. The third kappa shape index (κ3) is 5.42. The van der Waals surface area contributed by atoms with Crippen molar-refractivity contribution in [2.75, 3.05) is 36.7 Å². The van der Waals surface area contributed by atoms with Crippen LogP contribution in [-0.2, 0) is 9.59 Å². The first-order valence-corrected chi connectivity index (χ1v) is 7.65. The molecule has 0 atom stereocenters. The molecule has 3 N–H and O–H groups in total. The molecule has 0 fully saturated rings. The van der Waals surface area contributed by atoms with Crippen molar-refractivity contribution in [3.05, 3.63) is 42.5 Å². The third-order valence-electron chi connectivity index (χ3n) is 3.34. The number of anilines is 3. The van der Waals surface area contributed by atoms with Gasteiger partial charge in [-0.1, -0.05) is 0 Å². The number of benzene rings is 2. The van der Waals surface area contributed by atoms with Gasteiger partial charge in [0.15, 0.2) is 0 Å². The fraction of sp³-hybridized carbons (Fsp3) is 0.222. The number of hydrogen-bond acceptors (Lipinski definition) is 5. The van der Waals surface area contributed by atoms with E-state index in [1.54, 1.807) is 56.7 Å². The Morgan fingerprint density at radius 3 is 2.12 bits per heavy atom. The molecular weight excluding hydrogens is 322 g/mol. The molecule has 2 rings (SSSR count). The van der Waals surface area contributed by atoms with Gasteiger partial charge in [0.05, 0.1) is 26.5 Å². The molecular formula is C18H21N3O4. The van der Waals surface area contributed by atoms with Crippen molar-refractivity contribution in [3.63, 3.8) is 0 Å². The molecule has 0 unspecified atom stereocenters. The quantitative estimate of drug-likeness (QED) is 0.719. The molecule has 25 heavy (non-hydrogen) atoms. The molecule has 0 heterocycles. The second-order valence-corrected chi connectivity index (χ2v) is 5.23. The Balaban J connectivity index is 1.91. The summed E-state index contributed by atoms with van der Waals surface area (Å²) in [6, 6.07) is 12.2. The zero-order valence-electron chi connectivity index (χ0n) is 14.4. The topological polar surface area (TPSA) is 88.7 Å². The molecule has 0 radical (unpaired) electrons. The Labute approximate surface area is 146 Å². The monoisotopic (exact) mass is 343 g/mol. The molecule has 2 aromatic carbocycles. The van der Waals surface area contributed by atoms with Gasteiger partial charge in [-0.25, -0.2) is 0 Å². The van der Waals surface area contributed by atoms with Crippen molar-refractivity contribution in [1.82, 2.24) is 0 Å². The minimum Gasteiger partial charge on any atom is -0.497 e. The van der Waals surface area contributed by atoms with Gasteiger partial charge in [-0.05, 0) is 36.4 Å². The van der Waals surface area contributed by atoms with E-state index in [0.29, 0.717) is 28.6 Å². The van der Waals surface area contributed by atoms with Crippen LogP contribution in [0.5, 0.6) is 11.5 Å². The molecule has 0 aliphatic heterocycles. The number of amides is 2. The fourth-order valence-electron chi connectivity index (χ4n) is 2.17. The van der Waals surface area contributed by atoms with Crippen molar-refractivity contribution in [3.8, 4) is 11.5 Å². The van der Waals surface area contributed by atoms with Gasteiger partial charge in [0.2, 0.25) is 11.8 Å². The summed E-state index contributed by atoms with van der Waals surface area (Å²) >= 11 is 0. The lowest BCUT2D eigenvalue weighted by Gasteiger charge is -2.12. The van der Waals surface area contributed by atoms with E-state index in [1.165, 1.54) is 6.92 Å². The first-order valence-electron chi connectivity index (χ1n) is 7.65. The molecule has 7 heteroatoms. The summed E-state index contributed by atoms with van der Waals surface area (Å²) in [4.78, 5) is 23.0. The number of hydrogen-bond donors (Lipinski definition) is 3. The molecule has 2 aromatic rings. The highest BCUT2D eigenvalue weighted by atomic mass is 16.5. The number of carbonyl (C=O) groups is 2. The Kier molecular flexibility index (Phi) is 6.22. The van der Waals surface area contributed by atoms with Crippen LogP contribution in [0.15, 0.2) is 42.5 Å². The Morgan fingerprint density at radius 2 is 1.56 bits per heavy atom. The minimum atomic E-state index is -0.204. The van der Waals surface area contributed by atoms with Gasteiger partial charge in [-0.15, -0.1) is 0 Å². The molecule has 0 spiro atoms. The van der Waals surface area contributed by atoms with Gasteiger partial charge in [0.1, 0.15) is 11.5 Å². The van der Waals surface area contributed by atoms with E-state index in [2.05, 4.69) is 16.0 Å². The summed E-state index contributed by atoms with van der Waals surface area (Å²) in [6.07, 6.45) is 0. The Morgan fingerprint density at radius 1 is 0.920 bits per heavy atom. The lowest BCUT2D eigenvalue weighted by Crippen LogP contribution is -2.22. The summed E-state index contributed by atoms with van der Waals surface area (Å²) < 4.78 is 10.4. The van der Waals surface area contributed by atoms with Crippen molar-refractivity contribution < 1.29 is 19.1 Å².